The highest BCUT2D eigenvalue weighted by Gasteiger charge is 2.18. The SMILES string of the molecule is [2H]c1c([2H])c([2H])c(-c2c([2H])c([2H])c([2H])c(-c3cc(-c4nc(-c5ccc6cc(-c7cccc8ccccc78)ccc6c5)nc(-c5cccc6cc(-c7ccccc7)ccc56)n4)cc4ccccc34)c2[2H])c([2H])c1[2H]. The van der Waals surface area contributed by atoms with Crippen molar-refractivity contribution in [3.8, 4) is 78.7 Å². The van der Waals surface area contributed by atoms with E-state index in [4.69, 9.17) is 24.5 Å². The van der Waals surface area contributed by atoms with E-state index in [0.717, 1.165) is 54.9 Å². The van der Waals surface area contributed by atoms with Crippen LogP contribution in [0.1, 0.15) is 12.3 Å². The lowest BCUT2D eigenvalue weighted by Crippen LogP contribution is -2.01. The minimum atomic E-state index is -0.633. The molecule has 0 amide bonds. The van der Waals surface area contributed by atoms with Crippen LogP contribution >= 0.6 is 0 Å². The lowest BCUT2D eigenvalue weighted by atomic mass is 9.93. The molecule has 0 aliphatic rings. The van der Waals surface area contributed by atoms with E-state index in [9.17, 15) is 2.74 Å². The first-order chi connectivity index (χ1) is 35.4. The molecule has 3 nitrogen and oxygen atoms in total. The Balaban J connectivity index is 1.07. The second kappa shape index (κ2) is 15.7. The molecule has 0 aliphatic carbocycles. The normalized spacial score (nSPS) is 13.4. The van der Waals surface area contributed by atoms with Gasteiger partial charge in [-0.15, -0.1) is 0 Å². The molecule has 0 N–H and O–H groups in total. The van der Waals surface area contributed by atoms with Crippen LogP contribution in [-0.2, 0) is 0 Å². The maximum Gasteiger partial charge on any atom is 0.164 e. The zero-order chi connectivity index (χ0) is 50.2. The molecule has 0 atom stereocenters. The van der Waals surface area contributed by atoms with Crippen molar-refractivity contribution in [2.24, 2.45) is 0 Å². The Morgan fingerprint density at radius 2 is 0.812 bits per heavy atom. The van der Waals surface area contributed by atoms with Gasteiger partial charge in [0.05, 0.1) is 12.3 Å². The second-order valence-corrected chi connectivity index (χ2v) is 15.7. The van der Waals surface area contributed by atoms with Gasteiger partial charge in [0.1, 0.15) is 0 Å². The summed E-state index contributed by atoms with van der Waals surface area (Å²) >= 11 is 0. The summed E-state index contributed by atoms with van der Waals surface area (Å²) in [6.07, 6.45) is 0. The van der Waals surface area contributed by atoms with Crippen molar-refractivity contribution in [2.75, 3.05) is 0 Å². The highest BCUT2D eigenvalue weighted by Crippen LogP contribution is 2.38. The van der Waals surface area contributed by atoms with Crippen LogP contribution in [0.3, 0.4) is 0 Å². The van der Waals surface area contributed by atoms with Gasteiger partial charge in [0.15, 0.2) is 17.5 Å². The molecule has 0 saturated carbocycles. The predicted octanol–water partition coefficient (Wildman–Crippen LogP) is 16.2. The first-order valence-electron chi connectivity index (χ1n) is 25.5. The van der Waals surface area contributed by atoms with Crippen LogP contribution in [0.15, 0.2) is 236 Å². The Labute approximate surface area is 384 Å². The second-order valence-electron chi connectivity index (χ2n) is 15.7. The largest absolute Gasteiger partial charge is 0.208 e. The molecule has 0 bridgehead atoms. The van der Waals surface area contributed by atoms with Gasteiger partial charge in [-0.3, -0.25) is 0 Å². The third-order valence-corrected chi connectivity index (χ3v) is 11.8. The highest BCUT2D eigenvalue weighted by atomic mass is 15.0. The van der Waals surface area contributed by atoms with E-state index in [-0.39, 0.29) is 16.7 Å². The van der Waals surface area contributed by atoms with Gasteiger partial charge in [-0.2, -0.15) is 0 Å². The maximum atomic E-state index is 9.64. The third-order valence-electron chi connectivity index (χ3n) is 11.8. The first-order valence-corrected chi connectivity index (χ1v) is 21.0. The predicted molar refractivity (Wildman–Crippen MR) is 268 cm³/mol. The van der Waals surface area contributed by atoms with E-state index in [1.54, 1.807) is 6.07 Å². The molecule has 3 heteroatoms. The average molecular weight is 823 g/mol. The van der Waals surface area contributed by atoms with Crippen molar-refractivity contribution in [1.29, 1.82) is 0 Å². The first kappa shape index (κ1) is 28.9. The molecule has 1 heterocycles. The van der Waals surface area contributed by atoms with Gasteiger partial charge in [0, 0.05) is 16.7 Å². The van der Waals surface area contributed by atoms with Crippen LogP contribution in [0.2, 0.25) is 0 Å². The zero-order valence-corrected chi connectivity index (χ0v) is 34.2. The summed E-state index contributed by atoms with van der Waals surface area (Å²) in [4.78, 5) is 15.6. The van der Waals surface area contributed by atoms with Gasteiger partial charge < -0.3 is 0 Å². The zero-order valence-electron chi connectivity index (χ0n) is 43.2. The van der Waals surface area contributed by atoms with Crippen molar-refractivity contribution in [3.63, 3.8) is 0 Å². The topological polar surface area (TPSA) is 38.7 Å². The molecule has 11 aromatic carbocycles. The molecular weight excluding hydrogens is 775 g/mol. The standard InChI is InChI=1S/C61H39N3/c1-3-14-40(15-4-1)43-21-11-22-49(34-43)58-39-52(38-47-19-8-10-25-55(47)58)60-62-59(63-61(64-60)57-27-13-23-48-35-44(32-33-56(48)57)41-16-5-2-6-17-41)51-31-29-45-36-50(30-28-46(45)37-51)54-26-12-20-42-18-7-9-24-53(42)54/h1-39H/i1D,3D,4D,11D,14D,15D,21D,22D,34D. The van der Waals surface area contributed by atoms with Gasteiger partial charge in [-0.05, 0) is 124 Å². The number of aromatic nitrogens is 3. The number of hydrogen-bond donors (Lipinski definition) is 0. The molecular formula is C61H39N3. The average Bonchev–Trinajstić information content (AvgIpc) is 3.43. The minimum Gasteiger partial charge on any atom is -0.208 e. The van der Waals surface area contributed by atoms with Crippen LogP contribution in [0.5, 0.6) is 0 Å². The Bertz CT molecular complexity index is 4240. The fourth-order valence-electron chi connectivity index (χ4n) is 8.70. The van der Waals surface area contributed by atoms with Gasteiger partial charge >= 0.3 is 0 Å². The monoisotopic (exact) mass is 822 g/mol. The molecule has 0 aliphatic heterocycles. The van der Waals surface area contributed by atoms with Crippen molar-refractivity contribution in [3.05, 3.63) is 236 Å². The van der Waals surface area contributed by atoms with Crippen LogP contribution in [-0.4, -0.2) is 15.0 Å². The summed E-state index contributed by atoms with van der Waals surface area (Å²) in [5, 5.41) is 7.62. The van der Waals surface area contributed by atoms with E-state index >= 15 is 0 Å². The Morgan fingerprint density at radius 3 is 1.62 bits per heavy atom. The molecule has 0 spiro atoms. The van der Waals surface area contributed by atoms with E-state index in [0.29, 0.717) is 39.4 Å². The third kappa shape index (κ3) is 6.86. The van der Waals surface area contributed by atoms with E-state index in [2.05, 4.69) is 103 Å². The Kier molecular flexibility index (Phi) is 7.11. The lowest BCUT2D eigenvalue weighted by molar-refractivity contribution is 1.08. The van der Waals surface area contributed by atoms with Crippen LogP contribution in [0.25, 0.3) is 122 Å². The fraction of sp³-hybridized carbons (Fsp3) is 0. The molecule has 0 saturated heterocycles. The van der Waals surface area contributed by atoms with E-state index in [1.165, 1.54) is 10.8 Å². The quantitative estimate of drug-likeness (QED) is 0.161. The Hall–Kier alpha value is -8.53. The summed E-state index contributed by atoms with van der Waals surface area (Å²) in [6.45, 7) is 0. The molecule has 1 aromatic heterocycles. The van der Waals surface area contributed by atoms with Crippen molar-refractivity contribution in [2.45, 2.75) is 0 Å². The van der Waals surface area contributed by atoms with Crippen molar-refractivity contribution >= 4 is 43.1 Å². The van der Waals surface area contributed by atoms with E-state index in [1.807, 2.05) is 72.8 Å². The van der Waals surface area contributed by atoms with Gasteiger partial charge in [-0.25, -0.2) is 15.0 Å². The summed E-state index contributed by atoms with van der Waals surface area (Å²) in [5.74, 6) is 1.12. The van der Waals surface area contributed by atoms with Crippen molar-refractivity contribution in [1.82, 2.24) is 15.0 Å². The molecule has 0 fully saturated rings. The van der Waals surface area contributed by atoms with Crippen molar-refractivity contribution < 1.29 is 12.3 Å². The van der Waals surface area contributed by atoms with Gasteiger partial charge in [0.25, 0.3) is 0 Å². The molecule has 12 aromatic rings. The summed E-state index contributed by atoms with van der Waals surface area (Å²) in [6, 6.07) is 55.9. The molecule has 64 heavy (non-hydrogen) atoms. The number of nitrogens with zero attached hydrogens (tertiary/aromatic N) is 3. The summed E-state index contributed by atoms with van der Waals surface area (Å²) < 4.78 is 79.4. The highest BCUT2D eigenvalue weighted by molar-refractivity contribution is 6.02. The molecule has 12 rings (SSSR count). The maximum absolute atomic E-state index is 9.64. The minimum absolute atomic E-state index is 0.0453. The van der Waals surface area contributed by atoms with Crippen LogP contribution in [0, 0.1) is 0 Å². The fourth-order valence-corrected chi connectivity index (χ4v) is 8.70. The van der Waals surface area contributed by atoms with Gasteiger partial charge in [0.2, 0.25) is 0 Å². The molecule has 0 radical (unpaired) electrons. The van der Waals surface area contributed by atoms with Crippen LogP contribution in [0.4, 0.5) is 0 Å². The number of hydrogen-bond acceptors (Lipinski definition) is 3. The summed E-state index contributed by atoms with van der Waals surface area (Å²) in [7, 11) is 0. The van der Waals surface area contributed by atoms with Crippen LogP contribution < -0.4 is 0 Å². The molecule has 298 valence electrons. The smallest absolute Gasteiger partial charge is 0.164 e. The number of fused-ring (bicyclic) bond motifs is 4. The van der Waals surface area contributed by atoms with Gasteiger partial charge in [-0.1, -0.05) is 200 Å². The number of benzene rings is 11. The molecule has 0 unspecified atom stereocenters. The summed E-state index contributed by atoms with van der Waals surface area (Å²) in [5.41, 5.74) is 6.02. The Morgan fingerprint density at radius 1 is 0.266 bits per heavy atom. The lowest BCUT2D eigenvalue weighted by Gasteiger charge is -2.14. The number of rotatable bonds is 7. The van der Waals surface area contributed by atoms with E-state index < -0.39 is 54.4 Å².